The fourth-order valence-electron chi connectivity index (χ4n) is 4.88. The van der Waals surface area contributed by atoms with Crippen molar-refractivity contribution in [2.75, 3.05) is 16.8 Å². The smallest absolute Gasteiger partial charge is 0.248 e. The zero-order valence-corrected chi connectivity index (χ0v) is 22.6. The summed E-state index contributed by atoms with van der Waals surface area (Å²) in [5.74, 6) is -0.266. The van der Waals surface area contributed by atoms with Crippen LogP contribution in [0.25, 0.3) is 0 Å². The lowest BCUT2D eigenvalue weighted by molar-refractivity contribution is -0.127. The number of anilines is 2. The topological polar surface area (TPSA) is 101 Å². The van der Waals surface area contributed by atoms with E-state index in [-0.39, 0.29) is 43.0 Å². The number of halogens is 1. The van der Waals surface area contributed by atoms with Crippen LogP contribution in [-0.2, 0) is 14.4 Å². The van der Waals surface area contributed by atoms with Crippen molar-refractivity contribution in [2.24, 2.45) is 0 Å². The van der Waals surface area contributed by atoms with Gasteiger partial charge in [-0.25, -0.2) is 9.37 Å². The van der Waals surface area contributed by atoms with Gasteiger partial charge in [-0.05, 0) is 80.3 Å². The van der Waals surface area contributed by atoms with Gasteiger partial charge in [0.05, 0.1) is 6.61 Å². The number of benzene rings is 2. The Labute approximate surface area is 233 Å². The van der Waals surface area contributed by atoms with Crippen LogP contribution in [0.5, 0.6) is 5.75 Å². The molecule has 0 bridgehead atoms. The maximum absolute atomic E-state index is 13.8. The van der Waals surface area contributed by atoms with Crippen LogP contribution in [0, 0.1) is 5.82 Å². The van der Waals surface area contributed by atoms with Gasteiger partial charge in [0, 0.05) is 30.8 Å². The van der Waals surface area contributed by atoms with Crippen LogP contribution >= 0.6 is 0 Å². The summed E-state index contributed by atoms with van der Waals surface area (Å²) in [5.41, 5.74) is 0.995. The molecular formula is C31H35FN4O4. The van der Waals surface area contributed by atoms with Crippen LogP contribution in [0.1, 0.15) is 63.5 Å². The first-order chi connectivity index (χ1) is 19.4. The molecule has 2 N–H and O–H groups in total. The van der Waals surface area contributed by atoms with Gasteiger partial charge in [-0.15, -0.1) is 0 Å². The Hall–Kier alpha value is -4.27. The van der Waals surface area contributed by atoms with Crippen molar-refractivity contribution in [3.63, 3.8) is 0 Å². The predicted octanol–water partition coefficient (Wildman–Crippen LogP) is 5.56. The largest absolute Gasteiger partial charge is 0.494 e. The van der Waals surface area contributed by atoms with Crippen LogP contribution < -0.4 is 20.3 Å². The molecule has 1 atom stereocenters. The highest BCUT2D eigenvalue weighted by Gasteiger charge is 2.34. The summed E-state index contributed by atoms with van der Waals surface area (Å²) in [7, 11) is 0. The van der Waals surface area contributed by atoms with Gasteiger partial charge in [0.15, 0.2) is 0 Å². The summed E-state index contributed by atoms with van der Waals surface area (Å²) in [6, 6.07) is 16.8. The monoisotopic (exact) mass is 546 g/mol. The molecule has 9 heteroatoms. The standard InChI is InChI=1S/C31H35FN4O4/c1-2-40-26-19-17-25(18-20-26)36(29(38)12-7-11-28(37)35-27-10-5-6-21-33-27)30(22-13-15-23(32)16-14-22)31(39)34-24-8-3-4-9-24/h5-6,10,13-21,24,30H,2-4,7-9,11-12H2,1H3,(H,34,39)(H,33,35,37). The van der Waals surface area contributed by atoms with Crippen molar-refractivity contribution < 1.29 is 23.5 Å². The number of aromatic nitrogens is 1. The number of hydrogen-bond donors (Lipinski definition) is 2. The molecule has 1 heterocycles. The quantitative estimate of drug-likeness (QED) is 0.310. The number of ether oxygens (including phenoxy) is 1. The minimum atomic E-state index is -1.02. The average molecular weight is 547 g/mol. The second-order valence-electron chi connectivity index (χ2n) is 9.75. The molecule has 1 aliphatic rings. The third kappa shape index (κ3) is 7.88. The molecule has 2 aromatic carbocycles. The average Bonchev–Trinajstić information content (AvgIpc) is 3.46. The van der Waals surface area contributed by atoms with Gasteiger partial charge in [0.2, 0.25) is 17.7 Å². The number of amides is 3. The van der Waals surface area contributed by atoms with Gasteiger partial charge in [-0.2, -0.15) is 0 Å². The zero-order valence-electron chi connectivity index (χ0n) is 22.6. The Morgan fingerprint density at radius 3 is 2.38 bits per heavy atom. The third-order valence-electron chi connectivity index (χ3n) is 6.82. The first-order valence-corrected chi connectivity index (χ1v) is 13.8. The SMILES string of the molecule is CCOc1ccc(N(C(=O)CCCC(=O)Nc2ccccn2)C(C(=O)NC2CCCC2)c2ccc(F)cc2)cc1. The van der Waals surface area contributed by atoms with Crippen LogP contribution in [-0.4, -0.2) is 35.4 Å². The second kappa shape index (κ2) is 14.2. The third-order valence-corrected chi connectivity index (χ3v) is 6.82. The highest BCUT2D eigenvalue weighted by Crippen LogP contribution is 2.31. The number of carbonyl (C=O) groups is 3. The molecule has 1 aliphatic carbocycles. The molecule has 0 saturated heterocycles. The van der Waals surface area contributed by atoms with Gasteiger partial charge in [-0.1, -0.05) is 31.0 Å². The first-order valence-electron chi connectivity index (χ1n) is 13.8. The van der Waals surface area contributed by atoms with Crippen molar-refractivity contribution in [3.8, 4) is 5.75 Å². The van der Waals surface area contributed by atoms with Gasteiger partial charge in [-0.3, -0.25) is 19.3 Å². The van der Waals surface area contributed by atoms with Crippen LogP contribution in [0.15, 0.2) is 72.9 Å². The Kier molecular flexibility index (Phi) is 10.2. The first kappa shape index (κ1) is 28.7. The summed E-state index contributed by atoms with van der Waals surface area (Å²) in [6.07, 6.45) is 5.81. The number of rotatable bonds is 12. The van der Waals surface area contributed by atoms with E-state index in [0.29, 0.717) is 29.4 Å². The lowest BCUT2D eigenvalue weighted by atomic mass is 10.0. The Bertz CT molecular complexity index is 1260. The predicted molar refractivity (Wildman–Crippen MR) is 151 cm³/mol. The Morgan fingerprint density at radius 2 is 1.73 bits per heavy atom. The normalized spacial score (nSPS) is 13.8. The van der Waals surface area contributed by atoms with E-state index in [9.17, 15) is 18.8 Å². The van der Waals surface area contributed by atoms with E-state index in [4.69, 9.17) is 4.74 Å². The summed E-state index contributed by atoms with van der Waals surface area (Å²) in [4.78, 5) is 45.5. The molecule has 1 saturated carbocycles. The molecule has 1 aromatic heterocycles. The second-order valence-corrected chi connectivity index (χ2v) is 9.75. The summed E-state index contributed by atoms with van der Waals surface area (Å²) < 4.78 is 19.4. The number of hydrogen-bond acceptors (Lipinski definition) is 5. The van der Waals surface area contributed by atoms with E-state index >= 15 is 0 Å². The molecule has 1 fully saturated rings. The summed E-state index contributed by atoms with van der Waals surface area (Å²) in [6.45, 7) is 2.37. The number of nitrogens with one attached hydrogen (secondary N) is 2. The molecule has 8 nitrogen and oxygen atoms in total. The molecule has 0 radical (unpaired) electrons. The maximum Gasteiger partial charge on any atom is 0.248 e. The Morgan fingerprint density at radius 1 is 1.00 bits per heavy atom. The molecule has 4 rings (SSSR count). The Balaban J connectivity index is 1.58. The fourth-order valence-corrected chi connectivity index (χ4v) is 4.88. The molecular weight excluding hydrogens is 511 g/mol. The fraction of sp³-hybridized carbons (Fsp3) is 0.355. The maximum atomic E-state index is 13.8. The van der Waals surface area contributed by atoms with Gasteiger partial charge in [0.25, 0.3) is 0 Å². The van der Waals surface area contributed by atoms with Crippen LogP contribution in [0.4, 0.5) is 15.9 Å². The molecule has 3 amide bonds. The molecule has 0 aliphatic heterocycles. The number of carbonyl (C=O) groups excluding carboxylic acids is 3. The van der Waals surface area contributed by atoms with E-state index < -0.39 is 11.9 Å². The van der Waals surface area contributed by atoms with Crippen molar-refractivity contribution >= 4 is 29.2 Å². The zero-order chi connectivity index (χ0) is 28.3. The van der Waals surface area contributed by atoms with Gasteiger partial charge in [0.1, 0.15) is 23.4 Å². The molecule has 1 unspecified atom stereocenters. The van der Waals surface area contributed by atoms with Gasteiger partial charge < -0.3 is 15.4 Å². The van der Waals surface area contributed by atoms with Crippen molar-refractivity contribution in [2.45, 2.75) is 64.0 Å². The summed E-state index contributed by atoms with van der Waals surface area (Å²) in [5, 5.41) is 5.83. The summed E-state index contributed by atoms with van der Waals surface area (Å²) >= 11 is 0. The van der Waals surface area contributed by atoms with Crippen molar-refractivity contribution in [1.29, 1.82) is 0 Å². The lowest BCUT2D eigenvalue weighted by Gasteiger charge is -2.32. The van der Waals surface area contributed by atoms with Crippen molar-refractivity contribution in [3.05, 3.63) is 84.3 Å². The van der Waals surface area contributed by atoms with Crippen LogP contribution in [0.2, 0.25) is 0 Å². The van der Waals surface area contributed by atoms with Crippen molar-refractivity contribution in [1.82, 2.24) is 10.3 Å². The van der Waals surface area contributed by atoms with Gasteiger partial charge >= 0.3 is 0 Å². The molecule has 210 valence electrons. The number of nitrogens with zero attached hydrogens (tertiary/aromatic N) is 2. The molecule has 40 heavy (non-hydrogen) atoms. The van der Waals surface area contributed by atoms with E-state index in [1.807, 2.05) is 6.92 Å². The van der Waals surface area contributed by atoms with E-state index in [1.54, 1.807) is 48.7 Å². The van der Waals surface area contributed by atoms with E-state index in [2.05, 4.69) is 15.6 Å². The number of pyridine rings is 1. The van der Waals surface area contributed by atoms with E-state index in [1.165, 1.54) is 29.2 Å². The highest BCUT2D eigenvalue weighted by atomic mass is 19.1. The van der Waals surface area contributed by atoms with E-state index in [0.717, 1.165) is 25.7 Å². The minimum Gasteiger partial charge on any atom is -0.494 e. The highest BCUT2D eigenvalue weighted by molar-refractivity contribution is 6.01. The minimum absolute atomic E-state index is 0.0251. The molecule has 3 aromatic rings. The lowest BCUT2D eigenvalue weighted by Crippen LogP contribution is -2.46. The van der Waals surface area contributed by atoms with Crippen LogP contribution in [0.3, 0.4) is 0 Å². The molecule has 0 spiro atoms.